The highest BCUT2D eigenvalue weighted by molar-refractivity contribution is 5.72. The van der Waals surface area contributed by atoms with Crippen LogP contribution in [0.4, 0.5) is 0 Å². The molecule has 1 aliphatic carbocycles. The van der Waals surface area contributed by atoms with Crippen molar-refractivity contribution in [1.29, 1.82) is 0 Å². The summed E-state index contributed by atoms with van der Waals surface area (Å²) in [5.41, 5.74) is 0. The van der Waals surface area contributed by atoms with Gasteiger partial charge in [0.05, 0.1) is 19.1 Å². The predicted octanol–water partition coefficient (Wildman–Crippen LogP) is 1.36. The molecule has 12 heavy (non-hydrogen) atoms. The summed E-state index contributed by atoms with van der Waals surface area (Å²) in [7, 11) is 3.17. The van der Waals surface area contributed by atoms with Crippen molar-refractivity contribution < 1.29 is 14.3 Å². The molecule has 0 saturated heterocycles. The minimum absolute atomic E-state index is 0.0652. The first kappa shape index (κ1) is 9.52. The first-order valence-corrected chi connectivity index (χ1v) is 4.38. The molecule has 0 aliphatic heterocycles. The molecule has 3 heteroatoms. The lowest BCUT2D eigenvalue weighted by atomic mass is 9.87. The van der Waals surface area contributed by atoms with Gasteiger partial charge >= 0.3 is 5.97 Å². The molecule has 0 aromatic carbocycles. The van der Waals surface area contributed by atoms with Crippen molar-refractivity contribution in [2.24, 2.45) is 5.92 Å². The molecule has 0 aromatic heterocycles. The lowest BCUT2D eigenvalue weighted by molar-refractivity contribution is -0.147. The number of ether oxygens (including phenoxy) is 2. The average molecular weight is 172 g/mol. The van der Waals surface area contributed by atoms with Gasteiger partial charge < -0.3 is 9.47 Å². The van der Waals surface area contributed by atoms with Crippen LogP contribution >= 0.6 is 0 Å². The molecule has 0 spiro atoms. The summed E-state index contributed by atoms with van der Waals surface area (Å²) in [4.78, 5) is 11.1. The summed E-state index contributed by atoms with van der Waals surface area (Å²) in [5.74, 6) is 0.0472. The molecular formula is C9H16O3. The van der Waals surface area contributed by atoms with E-state index in [4.69, 9.17) is 4.74 Å². The van der Waals surface area contributed by atoms with E-state index in [1.807, 2.05) is 0 Å². The molecule has 70 valence electrons. The zero-order chi connectivity index (χ0) is 8.97. The highest BCUT2D eigenvalue weighted by atomic mass is 16.5. The van der Waals surface area contributed by atoms with E-state index in [0.717, 1.165) is 25.7 Å². The second-order valence-electron chi connectivity index (χ2n) is 3.23. The van der Waals surface area contributed by atoms with Crippen LogP contribution in [-0.2, 0) is 14.3 Å². The maximum absolute atomic E-state index is 11.1. The van der Waals surface area contributed by atoms with E-state index in [2.05, 4.69) is 4.74 Å². The Kier molecular flexibility index (Phi) is 3.53. The van der Waals surface area contributed by atoms with Crippen molar-refractivity contribution in [1.82, 2.24) is 0 Å². The van der Waals surface area contributed by atoms with Crippen molar-refractivity contribution in [3.8, 4) is 0 Å². The number of carbonyl (C=O) groups excluding carboxylic acids is 1. The van der Waals surface area contributed by atoms with Crippen LogP contribution < -0.4 is 0 Å². The molecule has 0 radical (unpaired) electrons. The van der Waals surface area contributed by atoms with Gasteiger partial charge in [-0.15, -0.1) is 0 Å². The van der Waals surface area contributed by atoms with Gasteiger partial charge in [-0.05, 0) is 25.7 Å². The van der Waals surface area contributed by atoms with Gasteiger partial charge in [0.2, 0.25) is 0 Å². The monoisotopic (exact) mass is 172 g/mol. The zero-order valence-corrected chi connectivity index (χ0v) is 7.71. The number of esters is 1. The topological polar surface area (TPSA) is 35.5 Å². The molecule has 0 heterocycles. The first-order valence-electron chi connectivity index (χ1n) is 4.38. The Morgan fingerprint density at radius 3 is 2.17 bits per heavy atom. The minimum Gasteiger partial charge on any atom is -0.469 e. The summed E-state index contributed by atoms with van der Waals surface area (Å²) in [6, 6.07) is 0. The lowest BCUT2D eigenvalue weighted by Crippen LogP contribution is -2.26. The molecule has 1 saturated carbocycles. The highest BCUT2D eigenvalue weighted by Gasteiger charge is 2.26. The van der Waals surface area contributed by atoms with E-state index in [1.54, 1.807) is 7.11 Å². The van der Waals surface area contributed by atoms with Gasteiger partial charge in [0, 0.05) is 7.11 Å². The average Bonchev–Trinajstić information content (AvgIpc) is 2.17. The van der Waals surface area contributed by atoms with Crippen LogP contribution in [0.25, 0.3) is 0 Å². The molecule has 0 unspecified atom stereocenters. The van der Waals surface area contributed by atoms with Crippen LogP contribution in [0.2, 0.25) is 0 Å². The third-order valence-electron chi connectivity index (χ3n) is 2.54. The van der Waals surface area contributed by atoms with E-state index in [1.165, 1.54) is 7.11 Å². The third-order valence-corrected chi connectivity index (χ3v) is 2.54. The van der Waals surface area contributed by atoms with Crippen LogP contribution in [-0.4, -0.2) is 26.3 Å². The Hall–Kier alpha value is -0.570. The van der Waals surface area contributed by atoms with E-state index in [0.29, 0.717) is 6.10 Å². The molecular weight excluding hydrogens is 156 g/mol. The Balaban J connectivity index is 2.30. The van der Waals surface area contributed by atoms with Gasteiger partial charge in [-0.1, -0.05) is 0 Å². The molecule has 1 fully saturated rings. The Morgan fingerprint density at radius 2 is 1.75 bits per heavy atom. The predicted molar refractivity (Wildman–Crippen MR) is 44.8 cm³/mol. The van der Waals surface area contributed by atoms with E-state index >= 15 is 0 Å². The first-order chi connectivity index (χ1) is 5.77. The lowest BCUT2D eigenvalue weighted by Gasteiger charge is -2.25. The van der Waals surface area contributed by atoms with E-state index < -0.39 is 0 Å². The van der Waals surface area contributed by atoms with Crippen molar-refractivity contribution in [2.75, 3.05) is 14.2 Å². The SMILES string of the molecule is COC(=O)C1CCC(OC)CC1. The van der Waals surface area contributed by atoms with E-state index in [-0.39, 0.29) is 11.9 Å². The summed E-state index contributed by atoms with van der Waals surface area (Å²) < 4.78 is 9.88. The standard InChI is InChI=1S/C9H16O3/c1-11-8-5-3-7(4-6-8)9(10)12-2/h7-8H,3-6H2,1-2H3. The molecule has 1 aliphatic rings. The summed E-state index contributed by atoms with van der Waals surface area (Å²) in [5, 5.41) is 0. The fourth-order valence-corrected chi connectivity index (χ4v) is 1.70. The minimum atomic E-state index is -0.0652. The van der Waals surface area contributed by atoms with E-state index in [9.17, 15) is 4.79 Å². The molecule has 0 N–H and O–H groups in total. The molecule has 0 aromatic rings. The number of hydrogen-bond acceptors (Lipinski definition) is 3. The van der Waals surface area contributed by atoms with Gasteiger partial charge in [-0.25, -0.2) is 0 Å². The normalized spacial score (nSPS) is 29.8. The fourth-order valence-electron chi connectivity index (χ4n) is 1.70. The maximum atomic E-state index is 11.1. The van der Waals surface area contributed by atoms with Gasteiger partial charge in [-0.2, -0.15) is 0 Å². The highest BCUT2D eigenvalue weighted by Crippen LogP contribution is 2.26. The number of methoxy groups -OCH3 is 2. The van der Waals surface area contributed by atoms with Gasteiger partial charge in [0.15, 0.2) is 0 Å². The fraction of sp³-hybridized carbons (Fsp3) is 0.889. The number of hydrogen-bond donors (Lipinski definition) is 0. The van der Waals surface area contributed by atoms with Gasteiger partial charge in [-0.3, -0.25) is 4.79 Å². The number of carbonyl (C=O) groups is 1. The summed E-state index contributed by atoms with van der Waals surface area (Å²) in [6.07, 6.45) is 4.13. The third kappa shape index (κ3) is 2.21. The largest absolute Gasteiger partial charge is 0.469 e. The van der Waals surface area contributed by atoms with Crippen LogP contribution in [0, 0.1) is 5.92 Å². The zero-order valence-electron chi connectivity index (χ0n) is 7.71. The molecule has 1 rings (SSSR count). The maximum Gasteiger partial charge on any atom is 0.308 e. The molecule has 3 nitrogen and oxygen atoms in total. The van der Waals surface area contributed by atoms with Crippen LogP contribution in [0.5, 0.6) is 0 Å². The Morgan fingerprint density at radius 1 is 1.17 bits per heavy atom. The van der Waals surface area contributed by atoms with Crippen LogP contribution in [0.15, 0.2) is 0 Å². The van der Waals surface area contributed by atoms with Crippen LogP contribution in [0.1, 0.15) is 25.7 Å². The quantitative estimate of drug-likeness (QED) is 0.590. The molecule has 0 bridgehead atoms. The second-order valence-corrected chi connectivity index (χ2v) is 3.23. The van der Waals surface area contributed by atoms with Crippen LogP contribution in [0.3, 0.4) is 0 Å². The van der Waals surface area contributed by atoms with Gasteiger partial charge in [0.1, 0.15) is 0 Å². The molecule has 0 amide bonds. The van der Waals surface area contributed by atoms with Crippen molar-refractivity contribution >= 4 is 5.97 Å². The van der Waals surface area contributed by atoms with Crippen molar-refractivity contribution in [3.63, 3.8) is 0 Å². The number of rotatable bonds is 2. The van der Waals surface area contributed by atoms with Crippen molar-refractivity contribution in [3.05, 3.63) is 0 Å². The molecule has 0 atom stereocenters. The Bertz CT molecular complexity index is 148. The summed E-state index contributed by atoms with van der Waals surface area (Å²) >= 11 is 0. The smallest absolute Gasteiger partial charge is 0.308 e. The van der Waals surface area contributed by atoms with Gasteiger partial charge in [0.25, 0.3) is 0 Å². The Labute approximate surface area is 73.0 Å². The van der Waals surface area contributed by atoms with Crippen molar-refractivity contribution in [2.45, 2.75) is 31.8 Å². The second kappa shape index (κ2) is 4.45. The summed E-state index contributed by atoms with van der Waals surface area (Å²) in [6.45, 7) is 0.